The third-order valence-electron chi connectivity index (χ3n) is 5.92. The SMILES string of the molecule is CCCC(C)(C)C(CN=C=NCC(OC1OCCO1)C(C)(C)CCC)OC1OCCO1. The van der Waals surface area contributed by atoms with E-state index in [2.05, 4.69) is 57.5 Å². The summed E-state index contributed by atoms with van der Waals surface area (Å²) in [5.41, 5.74) is -0.137. The van der Waals surface area contributed by atoms with Crippen LogP contribution in [0.2, 0.25) is 0 Å². The average molecular weight is 443 g/mol. The lowest BCUT2D eigenvalue weighted by molar-refractivity contribution is -0.265. The molecule has 2 unspecified atom stereocenters. The molecule has 8 nitrogen and oxygen atoms in total. The maximum Gasteiger partial charge on any atom is 0.272 e. The van der Waals surface area contributed by atoms with Gasteiger partial charge in [-0.05, 0) is 23.7 Å². The maximum atomic E-state index is 6.05. The van der Waals surface area contributed by atoms with Crippen LogP contribution in [-0.2, 0) is 28.4 Å². The summed E-state index contributed by atoms with van der Waals surface area (Å²) < 4.78 is 34.0. The highest BCUT2D eigenvalue weighted by Gasteiger charge is 2.34. The van der Waals surface area contributed by atoms with Gasteiger partial charge in [-0.2, -0.15) is 0 Å². The molecule has 0 aliphatic carbocycles. The number of rotatable bonds is 14. The molecule has 0 aromatic rings. The molecule has 2 saturated heterocycles. The number of hydrogen-bond acceptors (Lipinski definition) is 8. The second-order valence-corrected chi connectivity index (χ2v) is 9.57. The van der Waals surface area contributed by atoms with Crippen molar-refractivity contribution in [1.29, 1.82) is 0 Å². The summed E-state index contributed by atoms with van der Waals surface area (Å²) in [5, 5.41) is 0. The molecular formula is C23H42N2O6. The molecule has 0 bridgehead atoms. The largest absolute Gasteiger partial charge is 0.328 e. The Kier molecular flexibility index (Phi) is 11.1. The lowest BCUT2D eigenvalue weighted by Gasteiger charge is -2.34. The summed E-state index contributed by atoms with van der Waals surface area (Å²) in [5.74, 6) is 0. The minimum atomic E-state index is -0.618. The Labute approximate surface area is 187 Å². The molecule has 0 aromatic carbocycles. The minimum absolute atomic E-state index is 0.0683. The maximum absolute atomic E-state index is 6.05. The molecule has 180 valence electrons. The summed E-state index contributed by atoms with van der Waals surface area (Å²) in [6.07, 6.45) is 3.85. The van der Waals surface area contributed by atoms with Gasteiger partial charge in [0.25, 0.3) is 13.0 Å². The van der Waals surface area contributed by atoms with Gasteiger partial charge < -0.3 is 28.4 Å². The van der Waals surface area contributed by atoms with Gasteiger partial charge in [-0.3, -0.25) is 0 Å². The van der Waals surface area contributed by atoms with Crippen LogP contribution in [0.5, 0.6) is 0 Å². The van der Waals surface area contributed by atoms with Gasteiger partial charge in [0.05, 0.1) is 57.7 Å². The third kappa shape index (κ3) is 8.89. The van der Waals surface area contributed by atoms with E-state index in [9.17, 15) is 0 Å². The second kappa shape index (κ2) is 13.0. The monoisotopic (exact) mass is 442 g/mol. The van der Waals surface area contributed by atoms with Gasteiger partial charge in [0.1, 0.15) is 0 Å². The van der Waals surface area contributed by atoms with E-state index < -0.39 is 13.0 Å². The Hall–Kier alpha value is -0.860. The molecule has 2 heterocycles. The number of aliphatic imine (C=N–C) groups is 2. The van der Waals surface area contributed by atoms with Crippen molar-refractivity contribution in [3.05, 3.63) is 0 Å². The van der Waals surface area contributed by atoms with Crippen molar-refractivity contribution >= 4 is 6.01 Å². The van der Waals surface area contributed by atoms with E-state index >= 15 is 0 Å². The van der Waals surface area contributed by atoms with E-state index in [1.165, 1.54) is 0 Å². The highest BCUT2D eigenvalue weighted by atomic mass is 16.9. The van der Waals surface area contributed by atoms with E-state index in [0.717, 1.165) is 25.7 Å². The van der Waals surface area contributed by atoms with E-state index in [1.54, 1.807) is 0 Å². The smallest absolute Gasteiger partial charge is 0.272 e. The molecule has 2 aliphatic heterocycles. The van der Waals surface area contributed by atoms with Crippen LogP contribution in [0.3, 0.4) is 0 Å². The number of nitrogens with zero attached hydrogens (tertiary/aromatic N) is 2. The van der Waals surface area contributed by atoms with Crippen molar-refractivity contribution in [2.45, 2.75) is 92.4 Å². The van der Waals surface area contributed by atoms with Crippen LogP contribution in [-0.4, -0.2) is 70.7 Å². The van der Waals surface area contributed by atoms with E-state index in [0.29, 0.717) is 39.5 Å². The van der Waals surface area contributed by atoms with Crippen LogP contribution in [0.25, 0.3) is 0 Å². The predicted octanol–water partition coefficient (Wildman–Crippen LogP) is 4.24. The topological polar surface area (TPSA) is 80.1 Å². The van der Waals surface area contributed by atoms with Crippen LogP contribution in [0.1, 0.15) is 67.2 Å². The van der Waals surface area contributed by atoms with Gasteiger partial charge in [0.2, 0.25) is 0 Å². The lowest BCUT2D eigenvalue weighted by atomic mass is 9.82. The highest BCUT2D eigenvalue weighted by molar-refractivity contribution is 5.41. The molecule has 0 spiro atoms. The molecule has 8 heteroatoms. The second-order valence-electron chi connectivity index (χ2n) is 9.57. The van der Waals surface area contributed by atoms with E-state index in [4.69, 9.17) is 28.4 Å². The Morgan fingerprint density at radius 3 is 1.42 bits per heavy atom. The normalized spacial score (nSPS) is 20.6. The molecule has 0 saturated carbocycles. The molecule has 2 aliphatic rings. The van der Waals surface area contributed by atoms with Crippen LogP contribution >= 0.6 is 0 Å². The first-order chi connectivity index (χ1) is 14.8. The van der Waals surface area contributed by atoms with Crippen LogP contribution < -0.4 is 0 Å². The molecule has 0 amide bonds. The minimum Gasteiger partial charge on any atom is -0.328 e. The zero-order chi connectivity index (χ0) is 22.7. The van der Waals surface area contributed by atoms with Crippen LogP contribution in [0.15, 0.2) is 9.98 Å². The first-order valence-corrected chi connectivity index (χ1v) is 11.6. The Balaban J connectivity index is 1.98. The van der Waals surface area contributed by atoms with Gasteiger partial charge in [-0.25, -0.2) is 9.98 Å². The standard InChI is InChI=1S/C23H42N2O6/c1-7-9-22(3,4)18(30-20-26-11-12-27-20)15-24-17-25-16-19(23(5,6)10-8-2)31-21-28-13-14-29-21/h18-21H,7-16H2,1-6H3. The fourth-order valence-electron chi connectivity index (χ4n) is 3.96. The summed E-state index contributed by atoms with van der Waals surface area (Å²) in [6.45, 7) is 14.9. The average Bonchev–Trinajstić information content (AvgIpc) is 3.39. The van der Waals surface area contributed by atoms with Crippen molar-refractivity contribution in [3.63, 3.8) is 0 Å². The molecule has 0 aromatic heterocycles. The Morgan fingerprint density at radius 2 is 1.10 bits per heavy atom. The van der Waals surface area contributed by atoms with Gasteiger partial charge in [0.15, 0.2) is 0 Å². The molecule has 31 heavy (non-hydrogen) atoms. The zero-order valence-electron chi connectivity index (χ0n) is 20.2. The molecule has 0 N–H and O–H groups in total. The van der Waals surface area contributed by atoms with Gasteiger partial charge in [-0.1, -0.05) is 54.4 Å². The first-order valence-electron chi connectivity index (χ1n) is 11.6. The third-order valence-corrected chi connectivity index (χ3v) is 5.92. The Bertz CT molecular complexity index is 518. The molecular weight excluding hydrogens is 400 g/mol. The van der Waals surface area contributed by atoms with Crippen molar-refractivity contribution in [2.75, 3.05) is 39.5 Å². The highest BCUT2D eigenvalue weighted by Crippen LogP contribution is 2.32. The van der Waals surface area contributed by atoms with Crippen molar-refractivity contribution in [2.24, 2.45) is 20.8 Å². The summed E-state index contributed by atoms with van der Waals surface area (Å²) >= 11 is 0. The van der Waals surface area contributed by atoms with Gasteiger partial charge >= 0.3 is 0 Å². The van der Waals surface area contributed by atoms with E-state index in [-0.39, 0.29) is 23.0 Å². The van der Waals surface area contributed by atoms with Crippen LogP contribution in [0.4, 0.5) is 0 Å². The number of hydrogen-bond donors (Lipinski definition) is 0. The summed E-state index contributed by atoms with van der Waals surface area (Å²) in [6, 6.07) is 2.85. The van der Waals surface area contributed by atoms with Crippen molar-refractivity contribution in [1.82, 2.24) is 0 Å². The fraction of sp³-hybridized carbons (Fsp3) is 0.957. The van der Waals surface area contributed by atoms with Gasteiger partial charge in [0, 0.05) is 0 Å². The molecule has 2 fully saturated rings. The first kappa shape index (κ1) is 26.4. The molecule has 2 atom stereocenters. The quantitative estimate of drug-likeness (QED) is 0.374. The number of ether oxygens (including phenoxy) is 6. The summed E-state index contributed by atoms with van der Waals surface area (Å²) in [7, 11) is 0. The molecule has 0 radical (unpaired) electrons. The zero-order valence-corrected chi connectivity index (χ0v) is 20.2. The fourth-order valence-corrected chi connectivity index (χ4v) is 3.96. The van der Waals surface area contributed by atoms with Crippen LogP contribution in [0, 0.1) is 10.8 Å². The summed E-state index contributed by atoms with van der Waals surface area (Å²) in [4.78, 5) is 8.85. The Morgan fingerprint density at radius 1 is 0.742 bits per heavy atom. The van der Waals surface area contributed by atoms with Crippen molar-refractivity contribution in [3.8, 4) is 0 Å². The van der Waals surface area contributed by atoms with E-state index in [1.807, 2.05) is 0 Å². The lowest BCUT2D eigenvalue weighted by Crippen LogP contribution is -2.38. The molecule has 2 rings (SSSR count). The predicted molar refractivity (Wildman–Crippen MR) is 118 cm³/mol. The van der Waals surface area contributed by atoms with Gasteiger partial charge in [-0.15, -0.1) is 0 Å². The van der Waals surface area contributed by atoms with Crippen molar-refractivity contribution < 1.29 is 28.4 Å².